The standard InChI is InChI=1S/C21H26F2N4O3/c22-14-9-13(10-15(23)11-14)21(30)27-8-7-26(20(29)12-1-2-12)19(27)18(28)25-17-5-3-16(24)4-6-17/h9-12,16-17,19H,1-8,24H2,(H,25,28). The van der Waals surface area contributed by atoms with E-state index in [0.717, 1.165) is 50.7 Å². The SMILES string of the molecule is NC1CCC(NC(=O)C2N(C(=O)c3cc(F)cc(F)c3)CCN2C(=O)C2CC2)CC1. The van der Waals surface area contributed by atoms with Gasteiger partial charge in [0.25, 0.3) is 11.8 Å². The molecule has 2 saturated carbocycles. The Kier molecular flexibility index (Phi) is 5.73. The number of nitrogens with zero attached hydrogens (tertiary/aromatic N) is 2. The molecule has 2 aliphatic carbocycles. The predicted molar refractivity (Wildman–Crippen MR) is 104 cm³/mol. The Hall–Kier alpha value is -2.55. The van der Waals surface area contributed by atoms with Gasteiger partial charge in [-0.15, -0.1) is 0 Å². The predicted octanol–water partition coefficient (Wildman–Crippen LogP) is 1.37. The molecule has 9 heteroatoms. The molecule has 1 atom stereocenters. The number of nitrogens with two attached hydrogens (primary N) is 1. The molecule has 1 unspecified atom stereocenters. The molecule has 3 N–H and O–H groups in total. The van der Waals surface area contributed by atoms with Gasteiger partial charge in [0.15, 0.2) is 6.17 Å². The molecule has 7 nitrogen and oxygen atoms in total. The van der Waals surface area contributed by atoms with Gasteiger partial charge in [0.05, 0.1) is 0 Å². The Balaban J connectivity index is 1.55. The van der Waals surface area contributed by atoms with Crippen molar-refractivity contribution in [2.75, 3.05) is 13.1 Å². The fourth-order valence-electron chi connectivity index (χ4n) is 4.30. The van der Waals surface area contributed by atoms with E-state index in [0.29, 0.717) is 6.07 Å². The van der Waals surface area contributed by atoms with Crippen molar-refractivity contribution >= 4 is 17.7 Å². The number of carbonyl (C=O) groups is 3. The molecule has 1 aromatic rings. The van der Waals surface area contributed by atoms with Crippen molar-refractivity contribution in [3.05, 3.63) is 35.4 Å². The lowest BCUT2D eigenvalue weighted by Crippen LogP contribution is -2.56. The van der Waals surface area contributed by atoms with Gasteiger partial charge in [-0.1, -0.05) is 0 Å². The van der Waals surface area contributed by atoms with Gasteiger partial charge in [0, 0.05) is 42.7 Å². The third kappa shape index (κ3) is 4.30. The number of hydrogen-bond acceptors (Lipinski definition) is 4. The molecular weight excluding hydrogens is 394 g/mol. The van der Waals surface area contributed by atoms with Crippen LogP contribution in [0.5, 0.6) is 0 Å². The van der Waals surface area contributed by atoms with Crippen LogP contribution in [0.1, 0.15) is 48.9 Å². The summed E-state index contributed by atoms with van der Waals surface area (Å²) in [6, 6.07) is 2.61. The molecule has 3 amide bonds. The third-order valence-electron chi connectivity index (χ3n) is 6.11. The first kappa shape index (κ1) is 20.7. The Bertz CT molecular complexity index is 832. The highest BCUT2D eigenvalue weighted by atomic mass is 19.1. The van der Waals surface area contributed by atoms with E-state index in [4.69, 9.17) is 5.73 Å². The van der Waals surface area contributed by atoms with E-state index in [9.17, 15) is 23.2 Å². The Morgan fingerprint density at radius 3 is 2.10 bits per heavy atom. The first-order valence-electron chi connectivity index (χ1n) is 10.5. The normalized spacial score (nSPS) is 26.6. The second-order valence-electron chi connectivity index (χ2n) is 8.46. The number of amides is 3. The van der Waals surface area contributed by atoms with E-state index in [-0.39, 0.29) is 42.6 Å². The van der Waals surface area contributed by atoms with Gasteiger partial charge in [0.1, 0.15) is 11.6 Å². The largest absolute Gasteiger partial charge is 0.350 e. The van der Waals surface area contributed by atoms with E-state index >= 15 is 0 Å². The highest BCUT2D eigenvalue weighted by molar-refractivity contribution is 5.99. The van der Waals surface area contributed by atoms with E-state index in [1.807, 2.05) is 0 Å². The molecule has 0 bridgehead atoms. The van der Waals surface area contributed by atoms with Crippen LogP contribution < -0.4 is 11.1 Å². The first-order chi connectivity index (χ1) is 14.3. The average Bonchev–Trinajstić information content (AvgIpc) is 3.46. The quantitative estimate of drug-likeness (QED) is 0.769. The van der Waals surface area contributed by atoms with Gasteiger partial charge >= 0.3 is 0 Å². The fourth-order valence-corrected chi connectivity index (χ4v) is 4.30. The maximum Gasteiger partial charge on any atom is 0.264 e. The molecule has 1 heterocycles. The van der Waals surface area contributed by atoms with Gasteiger partial charge in [-0.3, -0.25) is 14.4 Å². The van der Waals surface area contributed by atoms with Crippen molar-refractivity contribution in [2.24, 2.45) is 11.7 Å². The first-order valence-corrected chi connectivity index (χ1v) is 10.5. The van der Waals surface area contributed by atoms with Crippen molar-refractivity contribution in [1.29, 1.82) is 0 Å². The lowest BCUT2D eigenvalue weighted by atomic mass is 9.92. The molecule has 4 rings (SSSR count). The zero-order valence-corrected chi connectivity index (χ0v) is 16.7. The number of carbonyl (C=O) groups excluding carboxylic acids is 3. The highest BCUT2D eigenvalue weighted by Crippen LogP contribution is 2.33. The van der Waals surface area contributed by atoms with Crippen LogP contribution in [0, 0.1) is 17.6 Å². The summed E-state index contributed by atoms with van der Waals surface area (Å²) in [5.74, 6) is -3.13. The van der Waals surface area contributed by atoms with Crippen molar-refractivity contribution in [3.8, 4) is 0 Å². The van der Waals surface area contributed by atoms with Crippen LogP contribution in [0.15, 0.2) is 18.2 Å². The second-order valence-corrected chi connectivity index (χ2v) is 8.46. The third-order valence-corrected chi connectivity index (χ3v) is 6.11. The van der Waals surface area contributed by atoms with Crippen LogP contribution in [0.25, 0.3) is 0 Å². The molecule has 1 saturated heterocycles. The van der Waals surface area contributed by atoms with Crippen molar-refractivity contribution < 1.29 is 23.2 Å². The van der Waals surface area contributed by atoms with Crippen molar-refractivity contribution in [3.63, 3.8) is 0 Å². The van der Waals surface area contributed by atoms with Crippen LogP contribution in [0.3, 0.4) is 0 Å². The summed E-state index contributed by atoms with van der Waals surface area (Å²) in [6.45, 7) is 0.343. The van der Waals surface area contributed by atoms with E-state index in [2.05, 4.69) is 5.32 Å². The lowest BCUT2D eigenvalue weighted by Gasteiger charge is -2.33. The zero-order valence-electron chi connectivity index (χ0n) is 16.7. The highest BCUT2D eigenvalue weighted by Gasteiger charge is 2.47. The van der Waals surface area contributed by atoms with E-state index in [1.165, 1.54) is 9.80 Å². The van der Waals surface area contributed by atoms with Gasteiger partial charge in [-0.2, -0.15) is 0 Å². The number of nitrogens with one attached hydrogen (secondary N) is 1. The summed E-state index contributed by atoms with van der Waals surface area (Å²) in [5, 5.41) is 2.95. The van der Waals surface area contributed by atoms with Crippen LogP contribution in [0.4, 0.5) is 8.78 Å². The molecule has 0 radical (unpaired) electrons. The zero-order chi connectivity index (χ0) is 21.4. The van der Waals surface area contributed by atoms with Gasteiger partial charge in [-0.05, 0) is 50.7 Å². The Morgan fingerprint density at radius 2 is 1.50 bits per heavy atom. The van der Waals surface area contributed by atoms with Crippen LogP contribution in [0.2, 0.25) is 0 Å². The molecule has 162 valence electrons. The van der Waals surface area contributed by atoms with Crippen molar-refractivity contribution in [1.82, 2.24) is 15.1 Å². The minimum Gasteiger partial charge on any atom is -0.350 e. The topological polar surface area (TPSA) is 95.7 Å². The summed E-state index contributed by atoms with van der Waals surface area (Å²) in [7, 11) is 0. The minimum absolute atomic E-state index is 0.0701. The Labute approximate surface area is 173 Å². The van der Waals surface area contributed by atoms with E-state index < -0.39 is 29.6 Å². The number of benzene rings is 1. The number of rotatable bonds is 4. The lowest BCUT2D eigenvalue weighted by molar-refractivity contribution is -0.142. The monoisotopic (exact) mass is 420 g/mol. The molecule has 3 aliphatic rings. The molecule has 3 fully saturated rings. The maximum absolute atomic E-state index is 13.6. The summed E-state index contributed by atoms with van der Waals surface area (Å²) in [5.41, 5.74) is 5.74. The smallest absolute Gasteiger partial charge is 0.264 e. The summed E-state index contributed by atoms with van der Waals surface area (Å²) in [4.78, 5) is 41.6. The fraction of sp³-hybridized carbons (Fsp3) is 0.571. The summed E-state index contributed by atoms with van der Waals surface area (Å²) >= 11 is 0. The minimum atomic E-state index is -1.12. The van der Waals surface area contributed by atoms with E-state index in [1.54, 1.807) is 0 Å². The van der Waals surface area contributed by atoms with Gasteiger partial charge in [-0.25, -0.2) is 8.78 Å². The maximum atomic E-state index is 13.6. The average molecular weight is 420 g/mol. The molecule has 0 aromatic heterocycles. The molecular formula is C21H26F2N4O3. The van der Waals surface area contributed by atoms with Gasteiger partial charge in [0.2, 0.25) is 5.91 Å². The summed E-state index contributed by atoms with van der Waals surface area (Å²) < 4.78 is 27.3. The number of halogens is 2. The molecule has 30 heavy (non-hydrogen) atoms. The molecule has 1 aromatic carbocycles. The Morgan fingerprint density at radius 1 is 0.900 bits per heavy atom. The summed E-state index contributed by atoms with van der Waals surface area (Å²) in [6.07, 6.45) is 3.49. The van der Waals surface area contributed by atoms with Crippen LogP contribution in [-0.4, -0.2) is 58.9 Å². The van der Waals surface area contributed by atoms with Gasteiger partial charge < -0.3 is 20.9 Å². The van der Waals surface area contributed by atoms with Crippen LogP contribution >= 0.6 is 0 Å². The number of hydrogen-bond donors (Lipinski definition) is 2. The molecule has 1 aliphatic heterocycles. The molecule has 0 spiro atoms. The second kappa shape index (κ2) is 8.29. The van der Waals surface area contributed by atoms with Crippen molar-refractivity contribution in [2.45, 2.75) is 56.8 Å². The van der Waals surface area contributed by atoms with Crippen LogP contribution in [-0.2, 0) is 9.59 Å².